The van der Waals surface area contributed by atoms with E-state index in [-0.39, 0.29) is 11.7 Å². The quantitative estimate of drug-likeness (QED) is 0.929. The van der Waals surface area contributed by atoms with Crippen molar-refractivity contribution < 1.29 is 9.84 Å². The highest BCUT2D eigenvalue weighted by Crippen LogP contribution is 2.40. The molecule has 0 amide bonds. The summed E-state index contributed by atoms with van der Waals surface area (Å²) in [5.41, 5.74) is 0.802. The fraction of sp³-hybridized carbons (Fsp3) is 0.824. The molecule has 3 aliphatic rings. The van der Waals surface area contributed by atoms with Gasteiger partial charge in [0.2, 0.25) is 0 Å². The SMILES string of the molecule is OC12CCCCC1CN(Cc1csc(C3CCCO3)n1)CC2. The first kappa shape index (κ1) is 15.1. The lowest BCUT2D eigenvalue weighted by atomic mass is 9.71. The van der Waals surface area contributed by atoms with Gasteiger partial charge in [0, 0.05) is 37.5 Å². The summed E-state index contributed by atoms with van der Waals surface area (Å²) in [4.78, 5) is 7.28. The van der Waals surface area contributed by atoms with E-state index in [4.69, 9.17) is 9.72 Å². The number of hydrogen-bond acceptors (Lipinski definition) is 5. The molecule has 1 N–H and O–H groups in total. The maximum atomic E-state index is 10.8. The van der Waals surface area contributed by atoms with Crippen LogP contribution in [-0.4, -0.2) is 40.3 Å². The molecule has 22 heavy (non-hydrogen) atoms. The number of thiazole rings is 1. The molecule has 2 aliphatic heterocycles. The third kappa shape index (κ3) is 2.96. The zero-order chi connectivity index (χ0) is 15.0. The predicted molar refractivity (Wildman–Crippen MR) is 86.8 cm³/mol. The standard InChI is InChI=1S/C17H26N2O2S/c20-17-6-2-1-4-13(17)10-19(8-7-17)11-14-12-22-16(18-14)15-5-3-9-21-15/h12-13,15,20H,1-11H2. The Balaban J connectivity index is 1.37. The molecule has 5 heteroatoms. The minimum atomic E-state index is -0.375. The van der Waals surface area contributed by atoms with Gasteiger partial charge in [0.25, 0.3) is 0 Å². The third-order valence-electron chi connectivity index (χ3n) is 5.67. The number of hydrogen-bond donors (Lipinski definition) is 1. The zero-order valence-corrected chi connectivity index (χ0v) is 14.0. The van der Waals surface area contributed by atoms with Gasteiger partial charge in [0.05, 0.1) is 11.3 Å². The summed E-state index contributed by atoms with van der Waals surface area (Å²) in [6.45, 7) is 3.84. The zero-order valence-electron chi connectivity index (χ0n) is 13.2. The van der Waals surface area contributed by atoms with Crippen molar-refractivity contribution in [2.24, 2.45) is 5.92 Å². The molecule has 4 rings (SSSR count). The van der Waals surface area contributed by atoms with Gasteiger partial charge >= 0.3 is 0 Å². The molecule has 4 nitrogen and oxygen atoms in total. The second kappa shape index (κ2) is 6.19. The topological polar surface area (TPSA) is 45.6 Å². The fourth-order valence-corrected chi connectivity index (χ4v) is 5.22. The molecule has 0 bridgehead atoms. The number of ether oxygens (including phenoxy) is 1. The van der Waals surface area contributed by atoms with Crippen molar-refractivity contribution in [2.45, 2.75) is 63.2 Å². The number of rotatable bonds is 3. The molecule has 3 unspecified atom stereocenters. The summed E-state index contributed by atoms with van der Waals surface area (Å²) in [6, 6.07) is 0. The fourth-order valence-electron chi connectivity index (χ4n) is 4.33. The van der Waals surface area contributed by atoms with Gasteiger partial charge in [-0.1, -0.05) is 12.8 Å². The summed E-state index contributed by atoms with van der Waals surface area (Å²) in [5.74, 6) is 0.464. The maximum Gasteiger partial charge on any atom is 0.122 e. The molecule has 0 spiro atoms. The van der Waals surface area contributed by atoms with E-state index in [0.29, 0.717) is 5.92 Å². The molecular formula is C17H26N2O2S. The van der Waals surface area contributed by atoms with Crippen molar-refractivity contribution in [3.63, 3.8) is 0 Å². The van der Waals surface area contributed by atoms with E-state index >= 15 is 0 Å². The van der Waals surface area contributed by atoms with Crippen LogP contribution in [0.5, 0.6) is 0 Å². The van der Waals surface area contributed by atoms with Crippen LogP contribution >= 0.6 is 11.3 Å². The Morgan fingerprint density at radius 3 is 3.14 bits per heavy atom. The molecule has 122 valence electrons. The summed E-state index contributed by atoms with van der Waals surface area (Å²) in [6.07, 6.45) is 8.11. The Bertz CT molecular complexity index is 515. The normalized spacial score (nSPS) is 36.4. The highest BCUT2D eigenvalue weighted by Gasteiger charge is 2.42. The molecule has 3 heterocycles. The second-order valence-electron chi connectivity index (χ2n) is 7.21. The number of fused-ring (bicyclic) bond motifs is 1. The molecule has 1 aromatic heterocycles. The smallest absolute Gasteiger partial charge is 0.122 e. The maximum absolute atomic E-state index is 10.8. The number of aliphatic hydroxyl groups is 1. The van der Waals surface area contributed by atoms with Crippen molar-refractivity contribution in [1.82, 2.24) is 9.88 Å². The van der Waals surface area contributed by atoms with Crippen LogP contribution in [0.15, 0.2) is 5.38 Å². The summed E-state index contributed by atoms with van der Waals surface area (Å²) >= 11 is 1.75. The minimum Gasteiger partial charge on any atom is -0.390 e. The Morgan fingerprint density at radius 1 is 1.32 bits per heavy atom. The van der Waals surface area contributed by atoms with Gasteiger partial charge in [-0.05, 0) is 32.1 Å². The number of piperidine rings is 1. The van der Waals surface area contributed by atoms with Crippen molar-refractivity contribution >= 4 is 11.3 Å². The number of likely N-dealkylation sites (tertiary alicyclic amines) is 1. The number of aromatic nitrogens is 1. The highest BCUT2D eigenvalue weighted by molar-refractivity contribution is 7.09. The molecule has 0 aromatic carbocycles. The second-order valence-corrected chi connectivity index (χ2v) is 8.10. The van der Waals surface area contributed by atoms with Crippen molar-refractivity contribution in [2.75, 3.05) is 19.7 Å². The first-order chi connectivity index (χ1) is 10.7. The van der Waals surface area contributed by atoms with E-state index in [2.05, 4.69) is 10.3 Å². The average Bonchev–Trinajstić information content (AvgIpc) is 3.18. The molecular weight excluding hydrogens is 296 g/mol. The van der Waals surface area contributed by atoms with Crippen molar-refractivity contribution in [3.8, 4) is 0 Å². The highest BCUT2D eigenvalue weighted by atomic mass is 32.1. The lowest BCUT2D eigenvalue weighted by molar-refractivity contribution is -0.0969. The molecule has 1 aliphatic carbocycles. The first-order valence-corrected chi connectivity index (χ1v) is 9.61. The van der Waals surface area contributed by atoms with E-state index in [0.717, 1.165) is 56.9 Å². The summed E-state index contributed by atoms with van der Waals surface area (Å²) in [5, 5.41) is 14.1. The monoisotopic (exact) mass is 322 g/mol. The van der Waals surface area contributed by atoms with Crippen LogP contribution in [0.3, 0.4) is 0 Å². The molecule has 1 aromatic rings. The summed E-state index contributed by atoms with van der Waals surface area (Å²) < 4.78 is 5.73. The lowest BCUT2D eigenvalue weighted by Crippen LogP contribution is -2.52. The van der Waals surface area contributed by atoms with E-state index in [9.17, 15) is 5.11 Å². The Hall–Kier alpha value is -0.490. The van der Waals surface area contributed by atoms with Gasteiger partial charge in [0.1, 0.15) is 11.1 Å². The van der Waals surface area contributed by atoms with Gasteiger partial charge in [-0.2, -0.15) is 0 Å². The largest absolute Gasteiger partial charge is 0.390 e. The van der Waals surface area contributed by atoms with Crippen LogP contribution in [0.1, 0.15) is 61.8 Å². The van der Waals surface area contributed by atoms with Crippen LogP contribution < -0.4 is 0 Å². The first-order valence-electron chi connectivity index (χ1n) is 8.74. The van der Waals surface area contributed by atoms with Gasteiger partial charge < -0.3 is 9.84 Å². The van der Waals surface area contributed by atoms with Crippen LogP contribution in [0.25, 0.3) is 0 Å². The molecule has 3 atom stereocenters. The molecule has 1 saturated carbocycles. The van der Waals surface area contributed by atoms with Crippen LogP contribution in [-0.2, 0) is 11.3 Å². The Labute approximate surface area is 136 Å². The predicted octanol–water partition coefficient (Wildman–Crippen LogP) is 3.12. The molecule has 2 saturated heterocycles. The van der Waals surface area contributed by atoms with Crippen LogP contribution in [0, 0.1) is 5.92 Å². The molecule has 3 fully saturated rings. The van der Waals surface area contributed by atoms with Crippen LogP contribution in [0.2, 0.25) is 0 Å². The lowest BCUT2D eigenvalue weighted by Gasteiger charge is -2.47. The van der Waals surface area contributed by atoms with Gasteiger partial charge in [-0.15, -0.1) is 11.3 Å². The molecule has 0 radical (unpaired) electrons. The Kier molecular flexibility index (Phi) is 4.24. The van der Waals surface area contributed by atoms with E-state index in [1.165, 1.54) is 25.0 Å². The van der Waals surface area contributed by atoms with Gasteiger partial charge in [-0.3, -0.25) is 4.90 Å². The van der Waals surface area contributed by atoms with Gasteiger partial charge in [-0.25, -0.2) is 4.98 Å². The van der Waals surface area contributed by atoms with E-state index < -0.39 is 0 Å². The third-order valence-corrected chi connectivity index (χ3v) is 6.66. The van der Waals surface area contributed by atoms with E-state index in [1.807, 2.05) is 0 Å². The Morgan fingerprint density at radius 2 is 2.27 bits per heavy atom. The van der Waals surface area contributed by atoms with Crippen molar-refractivity contribution in [3.05, 3.63) is 16.1 Å². The van der Waals surface area contributed by atoms with Crippen LogP contribution in [0.4, 0.5) is 0 Å². The average molecular weight is 322 g/mol. The van der Waals surface area contributed by atoms with E-state index in [1.54, 1.807) is 11.3 Å². The van der Waals surface area contributed by atoms with Crippen molar-refractivity contribution in [1.29, 1.82) is 0 Å². The summed E-state index contributed by atoms with van der Waals surface area (Å²) in [7, 11) is 0. The van der Waals surface area contributed by atoms with Gasteiger partial charge in [0.15, 0.2) is 0 Å². The minimum absolute atomic E-state index is 0.239. The number of nitrogens with zero attached hydrogens (tertiary/aromatic N) is 2.